The van der Waals surface area contributed by atoms with Crippen LogP contribution in [0.25, 0.3) is 20.7 Å². The van der Waals surface area contributed by atoms with E-state index in [1.54, 1.807) is 18.3 Å². The van der Waals surface area contributed by atoms with Crippen molar-refractivity contribution in [2.45, 2.75) is 17.3 Å². The van der Waals surface area contributed by atoms with Gasteiger partial charge in [0, 0.05) is 15.8 Å². The van der Waals surface area contributed by atoms with Crippen molar-refractivity contribution in [2.24, 2.45) is 5.73 Å². The number of aromatic amines is 1. The lowest BCUT2D eigenvalue weighted by Crippen LogP contribution is -2.23. The second-order valence-electron chi connectivity index (χ2n) is 4.34. The molecule has 1 atom stereocenters. The highest BCUT2D eigenvalue weighted by atomic mass is 32.2. The number of carbonyl (C=O) groups excluding carboxylic acids is 1. The van der Waals surface area contributed by atoms with E-state index in [1.165, 1.54) is 11.3 Å². The largest absolute Gasteiger partial charge is 0.369 e. The van der Waals surface area contributed by atoms with Crippen LogP contribution in [0, 0.1) is 0 Å². The van der Waals surface area contributed by atoms with E-state index in [-0.39, 0.29) is 5.56 Å². The number of primary amides is 1. The lowest BCUT2D eigenvalue weighted by Gasteiger charge is -2.05. The predicted molar refractivity (Wildman–Crippen MR) is 88.1 cm³/mol. The van der Waals surface area contributed by atoms with Crippen molar-refractivity contribution in [1.82, 2.24) is 9.97 Å². The summed E-state index contributed by atoms with van der Waals surface area (Å²) in [5.74, 6) is -0.437. The molecule has 5 nitrogen and oxygen atoms in total. The smallest absolute Gasteiger partial charge is 0.260 e. The molecule has 21 heavy (non-hydrogen) atoms. The number of thioether (sulfide) groups is 1. The molecule has 0 saturated heterocycles. The van der Waals surface area contributed by atoms with Crippen LogP contribution in [-0.4, -0.2) is 21.1 Å². The number of nitrogens with one attached hydrogen (secondary N) is 1. The average molecular weight is 337 g/mol. The molecule has 0 aromatic carbocycles. The fourth-order valence-electron chi connectivity index (χ4n) is 1.82. The van der Waals surface area contributed by atoms with E-state index in [9.17, 15) is 9.59 Å². The van der Waals surface area contributed by atoms with Gasteiger partial charge in [-0.2, -0.15) is 0 Å². The molecule has 0 aliphatic heterocycles. The first-order valence-corrected chi connectivity index (χ1v) is 8.71. The number of H-pyrrole nitrogens is 1. The van der Waals surface area contributed by atoms with Gasteiger partial charge in [-0.25, -0.2) is 4.98 Å². The Morgan fingerprint density at radius 2 is 2.29 bits per heavy atom. The average Bonchev–Trinajstić information content (AvgIpc) is 3.06. The Morgan fingerprint density at radius 3 is 2.95 bits per heavy atom. The minimum Gasteiger partial charge on any atom is -0.369 e. The molecule has 0 unspecified atom stereocenters. The summed E-state index contributed by atoms with van der Waals surface area (Å²) in [4.78, 5) is 32.3. The normalized spacial score (nSPS) is 12.6. The van der Waals surface area contributed by atoms with Crippen molar-refractivity contribution >= 4 is 50.6 Å². The fraction of sp³-hybridized carbons (Fsp3) is 0.154. The Morgan fingerprint density at radius 1 is 1.48 bits per heavy atom. The number of aromatic nitrogens is 2. The molecule has 3 rings (SSSR count). The molecule has 0 aliphatic carbocycles. The summed E-state index contributed by atoms with van der Waals surface area (Å²) < 4.78 is 0. The number of nitrogens with two attached hydrogens (primary N) is 1. The summed E-state index contributed by atoms with van der Waals surface area (Å²) in [5, 5.41) is 4.48. The molecule has 3 aromatic rings. The van der Waals surface area contributed by atoms with E-state index in [1.807, 2.05) is 22.9 Å². The zero-order valence-electron chi connectivity index (χ0n) is 11.0. The SMILES string of the molecule is C[C@H](Sc1nc2scc(-c3cccs3)c2c(=O)[nH]1)C(N)=O. The molecule has 0 aliphatic rings. The van der Waals surface area contributed by atoms with Crippen LogP contribution < -0.4 is 11.3 Å². The third-order valence-electron chi connectivity index (χ3n) is 2.90. The second kappa shape index (κ2) is 5.63. The molecule has 3 N–H and O–H groups in total. The number of fused-ring (bicyclic) bond motifs is 1. The highest BCUT2D eigenvalue weighted by molar-refractivity contribution is 8.00. The van der Waals surface area contributed by atoms with Gasteiger partial charge in [0.25, 0.3) is 5.56 Å². The van der Waals surface area contributed by atoms with Crippen LogP contribution in [-0.2, 0) is 4.79 Å². The van der Waals surface area contributed by atoms with Gasteiger partial charge in [0.1, 0.15) is 4.83 Å². The first-order chi connectivity index (χ1) is 10.1. The van der Waals surface area contributed by atoms with Crippen molar-refractivity contribution in [3.63, 3.8) is 0 Å². The van der Waals surface area contributed by atoms with Crippen molar-refractivity contribution in [1.29, 1.82) is 0 Å². The molecule has 3 aromatic heterocycles. The van der Waals surface area contributed by atoms with Crippen molar-refractivity contribution in [3.8, 4) is 10.4 Å². The van der Waals surface area contributed by atoms with E-state index in [0.717, 1.165) is 22.2 Å². The van der Waals surface area contributed by atoms with Crippen LogP contribution >= 0.6 is 34.4 Å². The van der Waals surface area contributed by atoms with Gasteiger partial charge in [-0.1, -0.05) is 17.8 Å². The molecule has 0 fully saturated rings. The lowest BCUT2D eigenvalue weighted by atomic mass is 10.2. The van der Waals surface area contributed by atoms with Crippen LogP contribution in [0.1, 0.15) is 6.92 Å². The van der Waals surface area contributed by atoms with Gasteiger partial charge in [-0.3, -0.25) is 9.59 Å². The van der Waals surface area contributed by atoms with Crippen LogP contribution in [0.15, 0.2) is 32.8 Å². The van der Waals surface area contributed by atoms with Crippen molar-refractivity contribution in [3.05, 3.63) is 33.2 Å². The van der Waals surface area contributed by atoms with E-state index >= 15 is 0 Å². The van der Waals surface area contributed by atoms with Crippen LogP contribution in [0.5, 0.6) is 0 Å². The summed E-state index contributed by atoms with van der Waals surface area (Å²) in [6, 6.07) is 3.92. The number of rotatable bonds is 4. The highest BCUT2D eigenvalue weighted by Crippen LogP contribution is 2.34. The van der Waals surface area contributed by atoms with Crippen molar-refractivity contribution in [2.75, 3.05) is 0 Å². The van der Waals surface area contributed by atoms with Gasteiger partial charge in [-0.15, -0.1) is 22.7 Å². The minimum absolute atomic E-state index is 0.191. The standard InChI is InChI=1S/C13H11N3O2S3/c1-6(10(14)17)21-13-15-11(18)9-7(5-20-12(9)16-13)8-3-2-4-19-8/h2-6H,1H3,(H2,14,17)(H,15,16,18)/t6-/m0/s1. The molecule has 3 heterocycles. The Bertz CT molecular complexity index is 851. The maximum absolute atomic E-state index is 12.3. The number of nitrogens with zero attached hydrogens (tertiary/aromatic N) is 1. The zero-order valence-corrected chi connectivity index (χ0v) is 13.4. The van der Waals surface area contributed by atoms with Crippen LogP contribution in [0.2, 0.25) is 0 Å². The fourth-order valence-corrected chi connectivity index (χ4v) is 4.39. The molecule has 1 amide bonds. The van der Waals surface area contributed by atoms with Gasteiger partial charge in [-0.05, 0) is 18.4 Å². The number of carbonyl (C=O) groups is 1. The van der Waals surface area contributed by atoms with Gasteiger partial charge in [0.15, 0.2) is 5.16 Å². The summed E-state index contributed by atoms with van der Waals surface area (Å²) in [7, 11) is 0. The Kier molecular flexibility index (Phi) is 3.83. The first-order valence-electron chi connectivity index (χ1n) is 6.07. The number of hydrogen-bond donors (Lipinski definition) is 2. The summed E-state index contributed by atoms with van der Waals surface area (Å²) in [6.45, 7) is 1.68. The zero-order chi connectivity index (χ0) is 15.0. The highest BCUT2D eigenvalue weighted by Gasteiger charge is 2.16. The lowest BCUT2D eigenvalue weighted by molar-refractivity contribution is -0.117. The van der Waals surface area contributed by atoms with Crippen LogP contribution in [0.3, 0.4) is 0 Å². The van der Waals surface area contributed by atoms with Crippen LogP contribution in [0.4, 0.5) is 0 Å². The van der Waals surface area contributed by atoms with Crippen molar-refractivity contribution < 1.29 is 4.79 Å². The van der Waals surface area contributed by atoms with E-state index in [0.29, 0.717) is 15.4 Å². The quantitative estimate of drug-likeness (QED) is 0.566. The van der Waals surface area contributed by atoms with E-state index in [4.69, 9.17) is 5.73 Å². The predicted octanol–water partition coefficient (Wildman–Crippen LogP) is 2.68. The molecule has 8 heteroatoms. The molecule has 0 spiro atoms. The molecular formula is C13H11N3O2S3. The molecule has 0 saturated carbocycles. The Balaban J connectivity index is 2.07. The number of amides is 1. The molecule has 0 bridgehead atoms. The molecule has 108 valence electrons. The third kappa shape index (κ3) is 2.74. The van der Waals surface area contributed by atoms with E-state index in [2.05, 4.69) is 9.97 Å². The second-order valence-corrected chi connectivity index (χ2v) is 7.48. The maximum atomic E-state index is 12.3. The topological polar surface area (TPSA) is 88.8 Å². The Labute approximate surface area is 132 Å². The first kappa shape index (κ1) is 14.3. The molecule has 0 radical (unpaired) electrons. The summed E-state index contributed by atoms with van der Waals surface area (Å²) >= 11 is 4.16. The van der Waals surface area contributed by atoms with Gasteiger partial charge < -0.3 is 10.7 Å². The maximum Gasteiger partial charge on any atom is 0.260 e. The molecular weight excluding hydrogens is 326 g/mol. The minimum atomic E-state index is -0.442. The number of hydrogen-bond acceptors (Lipinski definition) is 6. The van der Waals surface area contributed by atoms with Gasteiger partial charge in [0.2, 0.25) is 5.91 Å². The number of thiophene rings is 2. The van der Waals surface area contributed by atoms with Gasteiger partial charge in [0.05, 0.1) is 10.6 Å². The van der Waals surface area contributed by atoms with E-state index < -0.39 is 11.2 Å². The third-order valence-corrected chi connectivity index (χ3v) is 5.68. The van der Waals surface area contributed by atoms with Gasteiger partial charge >= 0.3 is 0 Å². The summed E-state index contributed by atoms with van der Waals surface area (Å²) in [6.07, 6.45) is 0. The monoisotopic (exact) mass is 337 g/mol. The summed E-state index contributed by atoms with van der Waals surface area (Å²) in [5.41, 5.74) is 5.94. The Hall–Kier alpha value is -1.64.